The molecule has 0 radical (unpaired) electrons. The fourth-order valence-corrected chi connectivity index (χ4v) is 4.71. The number of carboxylic acid groups (broad SMARTS) is 1. The van der Waals surface area contributed by atoms with Gasteiger partial charge in [-0.05, 0) is 35.5 Å². The van der Waals surface area contributed by atoms with Crippen molar-refractivity contribution in [3.8, 4) is 0 Å². The summed E-state index contributed by atoms with van der Waals surface area (Å²) >= 11 is 0. The zero-order valence-corrected chi connectivity index (χ0v) is 15.7. The Hall–Kier alpha value is -1.44. The van der Waals surface area contributed by atoms with E-state index in [0.717, 1.165) is 5.30 Å². The second-order valence-electron chi connectivity index (χ2n) is 4.84. The maximum atomic E-state index is 11.1. The summed E-state index contributed by atoms with van der Waals surface area (Å²) in [5, 5.41) is 14.5. The molecule has 108 valence electrons. The number of benzene rings is 3. The van der Waals surface area contributed by atoms with Crippen LogP contribution >= 0.6 is 7.92 Å². The second kappa shape index (κ2) is 8.42. The first kappa shape index (κ1) is 17.9. The molecule has 0 aliphatic heterocycles. The topological polar surface area (TPSA) is 40.1 Å². The molecule has 0 aromatic heterocycles. The summed E-state index contributed by atoms with van der Waals surface area (Å²) in [4.78, 5) is 11.1. The van der Waals surface area contributed by atoms with Crippen LogP contribution in [0.4, 0.5) is 0 Å². The molecular formula is C19H14NaO2P. The van der Waals surface area contributed by atoms with Crippen molar-refractivity contribution in [2.24, 2.45) is 0 Å². The van der Waals surface area contributed by atoms with Crippen LogP contribution in [0, 0.1) is 0 Å². The zero-order chi connectivity index (χ0) is 15.4. The first-order chi connectivity index (χ1) is 10.8. The summed E-state index contributed by atoms with van der Waals surface area (Å²) < 4.78 is 0. The molecule has 4 heteroatoms. The van der Waals surface area contributed by atoms with Gasteiger partial charge in [0.05, 0.1) is 5.97 Å². The quantitative estimate of drug-likeness (QED) is 0.447. The molecule has 0 bridgehead atoms. The van der Waals surface area contributed by atoms with Gasteiger partial charge >= 0.3 is 29.6 Å². The maximum Gasteiger partial charge on any atom is 1.00 e. The monoisotopic (exact) mass is 328 g/mol. The number of carbonyl (C=O) groups is 1. The molecule has 0 saturated heterocycles. The minimum atomic E-state index is -1.14. The molecule has 0 amide bonds. The Balaban J connectivity index is 0.00000192. The van der Waals surface area contributed by atoms with Gasteiger partial charge in [0.1, 0.15) is 0 Å². The smallest absolute Gasteiger partial charge is 0.545 e. The van der Waals surface area contributed by atoms with E-state index in [1.807, 2.05) is 42.5 Å². The van der Waals surface area contributed by atoms with Crippen molar-refractivity contribution in [1.29, 1.82) is 0 Å². The summed E-state index contributed by atoms with van der Waals surface area (Å²) in [5.74, 6) is -1.14. The van der Waals surface area contributed by atoms with E-state index in [2.05, 4.69) is 24.3 Å². The number of aromatic carboxylic acids is 1. The molecule has 2 nitrogen and oxygen atoms in total. The molecule has 0 aliphatic rings. The largest absolute Gasteiger partial charge is 1.00 e. The van der Waals surface area contributed by atoms with Crippen LogP contribution in [0.1, 0.15) is 10.4 Å². The molecule has 0 atom stereocenters. The third kappa shape index (κ3) is 4.31. The van der Waals surface area contributed by atoms with Crippen LogP contribution in [0.15, 0.2) is 84.9 Å². The predicted molar refractivity (Wildman–Crippen MR) is 89.5 cm³/mol. The summed E-state index contributed by atoms with van der Waals surface area (Å²) in [7, 11) is -0.778. The number of rotatable bonds is 4. The Morgan fingerprint density at radius 2 is 1.17 bits per heavy atom. The minimum absolute atomic E-state index is 0. The fourth-order valence-electron chi connectivity index (χ4n) is 2.37. The SMILES string of the molecule is O=C([O-])c1cccc(P(c2ccccc2)c2ccccc2)c1.[Na+]. The number of carboxylic acids is 1. The van der Waals surface area contributed by atoms with Gasteiger partial charge in [-0.2, -0.15) is 0 Å². The van der Waals surface area contributed by atoms with Crippen LogP contribution in [-0.2, 0) is 0 Å². The van der Waals surface area contributed by atoms with Crippen LogP contribution in [0.5, 0.6) is 0 Å². The number of carbonyl (C=O) groups excluding carboxylic acids is 1. The minimum Gasteiger partial charge on any atom is -0.545 e. The Morgan fingerprint density at radius 3 is 1.65 bits per heavy atom. The predicted octanol–water partition coefficient (Wildman–Crippen LogP) is -1.19. The van der Waals surface area contributed by atoms with Crippen molar-refractivity contribution in [2.75, 3.05) is 0 Å². The van der Waals surface area contributed by atoms with Gasteiger partial charge in [-0.3, -0.25) is 0 Å². The average Bonchev–Trinajstić information content (AvgIpc) is 2.57. The molecule has 0 spiro atoms. The van der Waals surface area contributed by atoms with Crippen molar-refractivity contribution in [2.45, 2.75) is 0 Å². The molecule has 3 aromatic rings. The van der Waals surface area contributed by atoms with Gasteiger partial charge in [-0.15, -0.1) is 0 Å². The Morgan fingerprint density at radius 1 is 0.696 bits per heavy atom. The van der Waals surface area contributed by atoms with E-state index in [4.69, 9.17) is 0 Å². The van der Waals surface area contributed by atoms with Gasteiger partial charge in [0.15, 0.2) is 0 Å². The summed E-state index contributed by atoms with van der Waals surface area (Å²) in [5.41, 5.74) is 0.219. The number of hydrogen-bond donors (Lipinski definition) is 0. The molecule has 0 N–H and O–H groups in total. The maximum absolute atomic E-state index is 11.1. The third-order valence-electron chi connectivity index (χ3n) is 3.37. The van der Waals surface area contributed by atoms with Gasteiger partial charge < -0.3 is 9.90 Å². The standard InChI is InChI=1S/C19H15O2P.Na/c20-19(21)15-8-7-13-18(14-15)22(16-9-3-1-4-10-16)17-11-5-2-6-12-17;/h1-14H,(H,20,21);/q;+1/p-1. The Bertz CT molecular complexity index is 736. The summed E-state index contributed by atoms with van der Waals surface area (Å²) in [6, 6.07) is 27.4. The normalized spacial score (nSPS) is 10.1. The zero-order valence-electron chi connectivity index (χ0n) is 12.8. The van der Waals surface area contributed by atoms with Crippen LogP contribution in [-0.4, -0.2) is 5.97 Å². The molecule has 0 fully saturated rings. The van der Waals surface area contributed by atoms with E-state index < -0.39 is 13.9 Å². The van der Waals surface area contributed by atoms with E-state index in [-0.39, 0.29) is 35.1 Å². The van der Waals surface area contributed by atoms with Crippen molar-refractivity contribution in [1.82, 2.24) is 0 Å². The molecule has 3 aromatic carbocycles. The average molecular weight is 328 g/mol. The van der Waals surface area contributed by atoms with Crippen molar-refractivity contribution < 1.29 is 39.5 Å². The molecule has 0 aliphatic carbocycles. The molecule has 3 rings (SSSR count). The van der Waals surface area contributed by atoms with Crippen LogP contribution in [0.2, 0.25) is 0 Å². The van der Waals surface area contributed by atoms with E-state index >= 15 is 0 Å². The van der Waals surface area contributed by atoms with Gasteiger partial charge in [-0.25, -0.2) is 0 Å². The molecule has 23 heavy (non-hydrogen) atoms. The van der Waals surface area contributed by atoms with Crippen molar-refractivity contribution in [3.63, 3.8) is 0 Å². The van der Waals surface area contributed by atoms with E-state index in [1.165, 1.54) is 10.6 Å². The Kier molecular flexibility index (Phi) is 6.56. The van der Waals surface area contributed by atoms with Crippen LogP contribution < -0.4 is 50.6 Å². The van der Waals surface area contributed by atoms with Gasteiger partial charge in [0, 0.05) is 0 Å². The van der Waals surface area contributed by atoms with Crippen LogP contribution in [0.3, 0.4) is 0 Å². The van der Waals surface area contributed by atoms with E-state index in [1.54, 1.807) is 18.2 Å². The van der Waals surface area contributed by atoms with Gasteiger partial charge in [0.2, 0.25) is 0 Å². The van der Waals surface area contributed by atoms with Crippen molar-refractivity contribution >= 4 is 29.8 Å². The molecule has 0 unspecified atom stereocenters. The third-order valence-corrected chi connectivity index (χ3v) is 5.79. The summed E-state index contributed by atoms with van der Waals surface area (Å²) in [6.07, 6.45) is 0. The number of hydrogen-bond acceptors (Lipinski definition) is 2. The first-order valence-electron chi connectivity index (χ1n) is 6.97. The molecular weight excluding hydrogens is 314 g/mol. The van der Waals surface area contributed by atoms with Gasteiger partial charge in [-0.1, -0.05) is 78.9 Å². The Labute approximate surface area is 159 Å². The summed E-state index contributed by atoms with van der Waals surface area (Å²) in [6.45, 7) is 0. The molecule has 0 saturated carbocycles. The second-order valence-corrected chi connectivity index (χ2v) is 7.06. The van der Waals surface area contributed by atoms with E-state index in [0.29, 0.717) is 0 Å². The van der Waals surface area contributed by atoms with Crippen molar-refractivity contribution in [3.05, 3.63) is 90.5 Å². The van der Waals surface area contributed by atoms with E-state index in [9.17, 15) is 9.90 Å². The molecule has 0 heterocycles. The first-order valence-corrected chi connectivity index (χ1v) is 8.31. The van der Waals surface area contributed by atoms with Crippen LogP contribution in [0.25, 0.3) is 0 Å². The fraction of sp³-hybridized carbons (Fsp3) is 0. The van der Waals surface area contributed by atoms with Gasteiger partial charge in [0.25, 0.3) is 0 Å².